The van der Waals surface area contributed by atoms with Crippen molar-refractivity contribution in [2.45, 2.75) is 25.4 Å². The third-order valence-electron chi connectivity index (χ3n) is 3.99. The summed E-state index contributed by atoms with van der Waals surface area (Å²) in [5, 5.41) is 9.99. The molecule has 4 unspecified atom stereocenters. The zero-order valence-corrected chi connectivity index (χ0v) is 8.93. The van der Waals surface area contributed by atoms with Crippen molar-refractivity contribution in [2.75, 3.05) is 0 Å². The average Bonchev–Trinajstić information content (AvgIpc) is 2.75. The van der Waals surface area contributed by atoms with Crippen molar-refractivity contribution in [1.82, 2.24) is 0 Å². The van der Waals surface area contributed by atoms with Gasteiger partial charge in [0.15, 0.2) is 0 Å². The van der Waals surface area contributed by atoms with Crippen molar-refractivity contribution >= 4 is 0 Å². The Morgan fingerprint density at radius 2 is 2.00 bits per heavy atom. The van der Waals surface area contributed by atoms with Gasteiger partial charge in [-0.15, -0.1) is 0 Å². The molecule has 0 radical (unpaired) electrons. The predicted molar refractivity (Wildman–Crippen MR) is 60.7 cm³/mol. The Labute approximate surface area is 90.4 Å². The van der Waals surface area contributed by atoms with Crippen LogP contribution in [0, 0.1) is 18.8 Å². The van der Waals surface area contributed by atoms with E-state index in [-0.39, 0.29) is 6.10 Å². The molecule has 4 atom stereocenters. The van der Waals surface area contributed by atoms with Crippen LogP contribution < -0.4 is 0 Å². The van der Waals surface area contributed by atoms with Gasteiger partial charge in [-0.3, -0.25) is 0 Å². The van der Waals surface area contributed by atoms with Crippen LogP contribution in [0.25, 0.3) is 0 Å². The molecule has 1 aromatic rings. The van der Waals surface area contributed by atoms with E-state index in [0.717, 1.165) is 6.42 Å². The standard InChI is InChI=1S/C14H16O/c1-9-4-2-3-5-11(9)13-8-10-6-7-12(13)14(10)15/h2-7,10,12-15H,8H2,1H3. The normalized spacial score (nSPS) is 37.5. The summed E-state index contributed by atoms with van der Waals surface area (Å²) in [7, 11) is 0. The molecule has 0 amide bonds. The van der Waals surface area contributed by atoms with Gasteiger partial charge in [0, 0.05) is 11.8 Å². The second-order valence-electron chi connectivity index (χ2n) is 4.82. The van der Waals surface area contributed by atoms with E-state index in [1.807, 2.05) is 0 Å². The van der Waals surface area contributed by atoms with Crippen LogP contribution in [0.1, 0.15) is 23.5 Å². The Hall–Kier alpha value is -1.08. The quantitative estimate of drug-likeness (QED) is 0.691. The Morgan fingerprint density at radius 1 is 1.20 bits per heavy atom. The molecule has 1 heteroatoms. The number of aliphatic hydroxyl groups is 1. The second kappa shape index (κ2) is 3.21. The maximum Gasteiger partial charge on any atom is 0.0671 e. The minimum absolute atomic E-state index is 0.130. The van der Waals surface area contributed by atoms with Crippen LogP contribution in [0.4, 0.5) is 0 Å². The van der Waals surface area contributed by atoms with Gasteiger partial charge in [-0.2, -0.15) is 0 Å². The van der Waals surface area contributed by atoms with Crippen LogP contribution in [0.2, 0.25) is 0 Å². The number of aryl methyl sites for hydroxylation is 1. The molecule has 1 N–H and O–H groups in total. The van der Waals surface area contributed by atoms with Crippen LogP contribution in [-0.2, 0) is 0 Å². The van der Waals surface area contributed by atoms with E-state index >= 15 is 0 Å². The fourth-order valence-electron chi connectivity index (χ4n) is 3.16. The van der Waals surface area contributed by atoms with Gasteiger partial charge in [0.25, 0.3) is 0 Å². The van der Waals surface area contributed by atoms with Crippen molar-refractivity contribution in [3.05, 3.63) is 47.5 Å². The number of fused-ring (bicyclic) bond motifs is 2. The molecule has 3 rings (SSSR count). The van der Waals surface area contributed by atoms with Gasteiger partial charge in [0.05, 0.1) is 6.10 Å². The Morgan fingerprint density at radius 3 is 2.60 bits per heavy atom. The highest BCUT2D eigenvalue weighted by molar-refractivity contribution is 5.34. The van der Waals surface area contributed by atoms with Crippen molar-refractivity contribution < 1.29 is 5.11 Å². The lowest BCUT2D eigenvalue weighted by molar-refractivity contribution is 0.135. The van der Waals surface area contributed by atoms with Crippen molar-refractivity contribution in [3.63, 3.8) is 0 Å². The van der Waals surface area contributed by atoms with E-state index in [1.54, 1.807) is 0 Å². The number of rotatable bonds is 1. The molecule has 1 nitrogen and oxygen atoms in total. The van der Waals surface area contributed by atoms with Crippen LogP contribution in [0.15, 0.2) is 36.4 Å². The first-order valence-corrected chi connectivity index (χ1v) is 5.69. The first-order chi connectivity index (χ1) is 7.27. The Bertz CT molecular complexity index is 408. The monoisotopic (exact) mass is 200 g/mol. The highest BCUT2D eigenvalue weighted by atomic mass is 16.3. The number of benzene rings is 1. The molecular weight excluding hydrogens is 184 g/mol. The van der Waals surface area contributed by atoms with Crippen LogP contribution >= 0.6 is 0 Å². The molecule has 1 saturated carbocycles. The largest absolute Gasteiger partial charge is 0.392 e. The molecule has 2 bridgehead atoms. The number of hydrogen-bond donors (Lipinski definition) is 1. The first kappa shape index (κ1) is 9.17. The molecule has 0 aliphatic heterocycles. The summed E-state index contributed by atoms with van der Waals surface area (Å²) in [6.45, 7) is 2.16. The topological polar surface area (TPSA) is 20.2 Å². The van der Waals surface area contributed by atoms with E-state index in [0.29, 0.717) is 17.8 Å². The third kappa shape index (κ3) is 1.26. The maximum absolute atomic E-state index is 9.99. The van der Waals surface area contributed by atoms with Gasteiger partial charge in [0.1, 0.15) is 0 Å². The van der Waals surface area contributed by atoms with E-state index in [4.69, 9.17) is 0 Å². The average molecular weight is 200 g/mol. The lowest BCUT2D eigenvalue weighted by Gasteiger charge is -2.20. The zero-order valence-electron chi connectivity index (χ0n) is 8.93. The lowest BCUT2D eigenvalue weighted by Crippen LogP contribution is -2.15. The van der Waals surface area contributed by atoms with Gasteiger partial charge >= 0.3 is 0 Å². The summed E-state index contributed by atoms with van der Waals surface area (Å²) in [5.41, 5.74) is 2.78. The van der Waals surface area contributed by atoms with Gasteiger partial charge in [-0.25, -0.2) is 0 Å². The van der Waals surface area contributed by atoms with Crippen molar-refractivity contribution in [3.8, 4) is 0 Å². The molecule has 2 aliphatic carbocycles. The summed E-state index contributed by atoms with van der Waals surface area (Å²) in [4.78, 5) is 0. The van der Waals surface area contributed by atoms with E-state index < -0.39 is 0 Å². The summed E-state index contributed by atoms with van der Waals surface area (Å²) in [5.74, 6) is 1.30. The molecule has 15 heavy (non-hydrogen) atoms. The van der Waals surface area contributed by atoms with Gasteiger partial charge in [0.2, 0.25) is 0 Å². The smallest absolute Gasteiger partial charge is 0.0671 e. The summed E-state index contributed by atoms with van der Waals surface area (Å²) >= 11 is 0. The SMILES string of the molecule is Cc1ccccc1C1CC2C=CC1C2O. The third-order valence-corrected chi connectivity index (χ3v) is 3.99. The Kier molecular flexibility index (Phi) is 1.96. The molecule has 78 valence electrons. The minimum atomic E-state index is -0.130. The molecule has 0 saturated heterocycles. The molecule has 1 aromatic carbocycles. The lowest BCUT2D eigenvalue weighted by atomic mass is 9.84. The molecule has 2 aliphatic rings. The first-order valence-electron chi connectivity index (χ1n) is 5.69. The number of aliphatic hydroxyl groups excluding tert-OH is 1. The fourth-order valence-corrected chi connectivity index (χ4v) is 3.16. The molecule has 0 aromatic heterocycles. The fraction of sp³-hybridized carbons (Fsp3) is 0.429. The maximum atomic E-state index is 9.99. The van der Waals surface area contributed by atoms with E-state index in [2.05, 4.69) is 43.3 Å². The highest BCUT2D eigenvalue weighted by Crippen LogP contribution is 2.49. The second-order valence-corrected chi connectivity index (χ2v) is 4.82. The van der Waals surface area contributed by atoms with E-state index in [9.17, 15) is 5.11 Å². The molecule has 0 spiro atoms. The van der Waals surface area contributed by atoms with Gasteiger partial charge in [-0.05, 0) is 30.4 Å². The van der Waals surface area contributed by atoms with E-state index in [1.165, 1.54) is 11.1 Å². The highest BCUT2D eigenvalue weighted by Gasteiger charge is 2.44. The van der Waals surface area contributed by atoms with Crippen LogP contribution in [-0.4, -0.2) is 11.2 Å². The predicted octanol–water partition coefficient (Wildman–Crippen LogP) is 2.65. The van der Waals surface area contributed by atoms with Gasteiger partial charge in [-0.1, -0.05) is 36.4 Å². The summed E-state index contributed by atoms with van der Waals surface area (Å²) < 4.78 is 0. The zero-order chi connectivity index (χ0) is 10.4. The van der Waals surface area contributed by atoms with Crippen molar-refractivity contribution in [2.24, 2.45) is 11.8 Å². The summed E-state index contributed by atoms with van der Waals surface area (Å²) in [6.07, 6.45) is 5.38. The van der Waals surface area contributed by atoms with Gasteiger partial charge < -0.3 is 5.11 Å². The number of hydrogen-bond acceptors (Lipinski definition) is 1. The molecule has 0 heterocycles. The molecule has 1 fully saturated rings. The van der Waals surface area contributed by atoms with Crippen LogP contribution in [0.5, 0.6) is 0 Å². The summed E-state index contributed by atoms with van der Waals surface area (Å²) in [6, 6.07) is 8.56. The molecular formula is C14H16O. The Balaban J connectivity index is 1.98. The van der Waals surface area contributed by atoms with Crippen LogP contribution in [0.3, 0.4) is 0 Å². The van der Waals surface area contributed by atoms with Crippen molar-refractivity contribution in [1.29, 1.82) is 0 Å². The minimum Gasteiger partial charge on any atom is -0.392 e.